The molecule has 0 aliphatic rings. The Morgan fingerprint density at radius 1 is 0.710 bits per heavy atom. The summed E-state index contributed by atoms with van der Waals surface area (Å²) in [6.45, 7) is 8.81. The van der Waals surface area contributed by atoms with Gasteiger partial charge in [-0.25, -0.2) is 9.59 Å². The zero-order valence-corrected chi connectivity index (χ0v) is 18.2. The average Bonchev–Trinajstić information content (AvgIpc) is 2.67. The van der Waals surface area contributed by atoms with Gasteiger partial charge in [-0.05, 0) is 40.2 Å². The molecular formula is C22H27N5O4. The number of benzene rings is 1. The first kappa shape index (κ1) is 22.1. The Morgan fingerprint density at radius 2 is 1.13 bits per heavy atom. The monoisotopic (exact) mass is 425 g/mol. The van der Waals surface area contributed by atoms with Gasteiger partial charge in [-0.1, -0.05) is 30.3 Å². The second kappa shape index (κ2) is 8.63. The van der Waals surface area contributed by atoms with E-state index in [1.807, 2.05) is 37.3 Å². The minimum atomic E-state index is -0.569. The third kappa shape index (κ3) is 4.30. The van der Waals surface area contributed by atoms with Crippen LogP contribution in [-0.2, 0) is 0 Å². The van der Waals surface area contributed by atoms with Crippen molar-refractivity contribution in [3.05, 3.63) is 89.7 Å². The molecule has 3 aromatic rings. The Labute approximate surface area is 178 Å². The van der Waals surface area contributed by atoms with Crippen molar-refractivity contribution >= 4 is 11.6 Å². The van der Waals surface area contributed by atoms with E-state index in [1.165, 1.54) is 12.1 Å². The van der Waals surface area contributed by atoms with Gasteiger partial charge in [0.25, 0.3) is 11.1 Å². The van der Waals surface area contributed by atoms with Gasteiger partial charge in [0.15, 0.2) is 0 Å². The quantitative estimate of drug-likeness (QED) is 0.630. The summed E-state index contributed by atoms with van der Waals surface area (Å²) in [5, 5.41) is 0. The van der Waals surface area contributed by atoms with Crippen molar-refractivity contribution in [3.8, 4) is 0 Å². The first-order valence-electron chi connectivity index (χ1n) is 10.2. The number of hydrogen-bond acceptors (Lipinski definition) is 5. The van der Waals surface area contributed by atoms with Crippen molar-refractivity contribution in [2.24, 2.45) is 0 Å². The molecule has 2 aromatic heterocycles. The van der Waals surface area contributed by atoms with Crippen molar-refractivity contribution in [1.82, 2.24) is 19.1 Å². The van der Waals surface area contributed by atoms with E-state index >= 15 is 0 Å². The van der Waals surface area contributed by atoms with E-state index in [9.17, 15) is 19.2 Å². The van der Waals surface area contributed by atoms with Gasteiger partial charge < -0.3 is 4.90 Å². The molecule has 2 N–H and O–H groups in total. The third-order valence-electron chi connectivity index (χ3n) is 5.12. The van der Waals surface area contributed by atoms with Crippen LogP contribution in [0.25, 0.3) is 0 Å². The molecule has 31 heavy (non-hydrogen) atoms. The third-order valence-corrected chi connectivity index (χ3v) is 5.12. The minimum Gasteiger partial charge on any atom is -0.306 e. The van der Waals surface area contributed by atoms with Crippen LogP contribution in [0.5, 0.6) is 0 Å². The number of aromatic amines is 2. The maximum Gasteiger partial charge on any atom is 0.330 e. The Morgan fingerprint density at radius 3 is 1.48 bits per heavy atom. The van der Waals surface area contributed by atoms with E-state index in [-0.39, 0.29) is 23.7 Å². The van der Waals surface area contributed by atoms with Crippen molar-refractivity contribution in [1.29, 1.82) is 0 Å². The van der Waals surface area contributed by atoms with Crippen LogP contribution in [0.3, 0.4) is 0 Å². The Bertz CT molecular complexity index is 1160. The lowest BCUT2D eigenvalue weighted by Crippen LogP contribution is -2.40. The number of rotatable bonds is 6. The molecule has 0 saturated carbocycles. The lowest BCUT2D eigenvalue weighted by atomic mass is 10.1. The van der Waals surface area contributed by atoms with E-state index < -0.39 is 28.5 Å². The number of H-pyrrole nitrogens is 2. The van der Waals surface area contributed by atoms with Gasteiger partial charge in [0, 0.05) is 24.2 Å². The predicted octanol–water partition coefficient (Wildman–Crippen LogP) is 2.45. The molecule has 0 aliphatic heterocycles. The summed E-state index contributed by atoms with van der Waals surface area (Å²) >= 11 is 0. The molecule has 1 unspecified atom stereocenters. The highest BCUT2D eigenvalue weighted by atomic mass is 16.2. The Hall–Kier alpha value is -3.62. The highest BCUT2D eigenvalue weighted by molar-refractivity contribution is 5.57. The largest absolute Gasteiger partial charge is 0.330 e. The predicted molar refractivity (Wildman–Crippen MR) is 120 cm³/mol. The van der Waals surface area contributed by atoms with Crippen LogP contribution in [0.15, 0.2) is 61.6 Å². The van der Waals surface area contributed by atoms with E-state index in [0.717, 1.165) is 14.7 Å². The first-order valence-corrected chi connectivity index (χ1v) is 10.2. The standard InChI is InChI=1S/C22H27N5O4/c1-13(2)25-19(28)11-17(23-21(25)30)27(15(5)16-9-7-6-8-10-16)18-12-20(29)26(14(3)4)22(31)24-18/h6-15H,1-5H3,(H,23,30)(H,24,31). The molecule has 164 valence electrons. The second-order valence-corrected chi connectivity index (χ2v) is 7.98. The van der Waals surface area contributed by atoms with Gasteiger partial charge in [0.1, 0.15) is 11.6 Å². The van der Waals surface area contributed by atoms with Gasteiger partial charge >= 0.3 is 11.4 Å². The molecule has 0 fully saturated rings. The normalized spacial score (nSPS) is 12.4. The highest BCUT2D eigenvalue weighted by Crippen LogP contribution is 2.30. The highest BCUT2D eigenvalue weighted by Gasteiger charge is 2.23. The Balaban J connectivity index is 2.27. The average molecular weight is 425 g/mol. The molecule has 2 heterocycles. The van der Waals surface area contributed by atoms with E-state index in [4.69, 9.17) is 0 Å². The molecule has 0 spiro atoms. The lowest BCUT2D eigenvalue weighted by Gasteiger charge is -2.31. The first-order chi connectivity index (χ1) is 14.6. The van der Waals surface area contributed by atoms with Crippen molar-refractivity contribution < 1.29 is 0 Å². The zero-order valence-electron chi connectivity index (χ0n) is 18.2. The maximum atomic E-state index is 12.7. The second-order valence-electron chi connectivity index (χ2n) is 7.98. The summed E-state index contributed by atoms with van der Waals surface area (Å²) < 4.78 is 2.21. The summed E-state index contributed by atoms with van der Waals surface area (Å²) in [6, 6.07) is 10.9. The fourth-order valence-corrected chi connectivity index (χ4v) is 3.65. The fraction of sp³-hybridized carbons (Fsp3) is 0.364. The summed E-state index contributed by atoms with van der Waals surface area (Å²) in [5.74, 6) is 0.362. The molecule has 0 bridgehead atoms. The van der Waals surface area contributed by atoms with Gasteiger partial charge in [-0.15, -0.1) is 0 Å². The van der Waals surface area contributed by atoms with Gasteiger partial charge in [0.05, 0.1) is 6.04 Å². The van der Waals surface area contributed by atoms with Crippen molar-refractivity contribution in [2.75, 3.05) is 4.90 Å². The van der Waals surface area contributed by atoms with Gasteiger partial charge in [-0.2, -0.15) is 0 Å². The molecule has 0 saturated heterocycles. The molecule has 9 nitrogen and oxygen atoms in total. The Kier molecular flexibility index (Phi) is 6.14. The number of anilines is 2. The molecule has 1 aromatic carbocycles. The van der Waals surface area contributed by atoms with Crippen LogP contribution in [-0.4, -0.2) is 19.1 Å². The lowest BCUT2D eigenvalue weighted by molar-refractivity contribution is 0.540. The minimum absolute atomic E-state index is 0.181. The zero-order chi connectivity index (χ0) is 22.9. The van der Waals surface area contributed by atoms with Crippen LogP contribution >= 0.6 is 0 Å². The van der Waals surface area contributed by atoms with Gasteiger partial charge in [0.2, 0.25) is 0 Å². The van der Waals surface area contributed by atoms with Crippen LogP contribution < -0.4 is 27.4 Å². The number of nitrogens with one attached hydrogen (secondary N) is 2. The molecule has 0 aliphatic carbocycles. The molecule has 0 radical (unpaired) electrons. The fourth-order valence-electron chi connectivity index (χ4n) is 3.65. The van der Waals surface area contributed by atoms with Crippen molar-refractivity contribution in [3.63, 3.8) is 0 Å². The smallest absolute Gasteiger partial charge is 0.306 e. The SMILES string of the molecule is CC(c1ccccc1)N(c1cc(=O)n(C(C)C)c(=O)[nH]1)c1cc(=O)n(C(C)C)c(=O)[nH]1. The van der Waals surface area contributed by atoms with Crippen LogP contribution in [0.4, 0.5) is 11.6 Å². The molecule has 3 rings (SSSR count). The number of aromatic nitrogens is 4. The van der Waals surface area contributed by atoms with E-state index in [1.54, 1.807) is 32.6 Å². The van der Waals surface area contributed by atoms with Crippen LogP contribution in [0, 0.1) is 0 Å². The molecule has 0 amide bonds. The number of nitrogens with zero attached hydrogens (tertiary/aromatic N) is 3. The summed E-state index contributed by atoms with van der Waals surface area (Å²) in [7, 11) is 0. The summed E-state index contributed by atoms with van der Waals surface area (Å²) in [5.41, 5.74) is -1.22. The molecular weight excluding hydrogens is 398 g/mol. The van der Waals surface area contributed by atoms with Gasteiger partial charge in [-0.3, -0.25) is 28.7 Å². The van der Waals surface area contributed by atoms with E-state index in [2.05, 4.69) is 9.97 Å². The topological polar surface area (TPSA) is 113 Å². The van der Waals surface area contributed by atoms with Crippen LogP contribution in [0.2, 0.25) is 0 Å². The van der Waals surface area contributed by atoms with Crippen LogP contribution in [0.1, 0.15) is 58.3 Å². The maximum absolute atomic E-state index is 12.7. The van der Waals surface area contributed by atoms with Crippen molar-refractivity contribution in [2.45, 2.75) is 52.7 Å². The number of hydrogen-bond donors (Lipinski definition) is 2. The molecule has 1 atom stereocenters. The summed E-state index contributed by atoms with van der Waals surface area (Å²) in [6.07, 6.45) is 0. The molecule has 9 heteroatoms. The van der Waals surface area contributed by atoms with E-state index in [0.29, 0.717) is 0 Å². The summed E-state index contributed by atoms with van der Waals surface area (Å²) in [4.78, 5) is 57.6.